The Hall–Kier alpha value is -2.74. The van der Waals surface area contributed by atoms with Gasteiger partial charge in [0.2, 0.25) is 0 Å². The highest BCUT2D eigenvalue weighted by Gasteiger charge is 2.25. The summed E-state index contributed by atoms with van der Waals surface area (Å²) in [5, 5.41) is 17.0. The highest BCUT2D eigenvalue weighted by Crippen LogP contribution is 2.27. The molecule has 1 aromatic heterocycles. The number of fused-ring (bicyclic) bond motifs is 2. The van der Waals surface area contributed by atoms with Gasteiger partial charge in [0.1, 0.15) is 5.52 Å². The van der Waals surface area contributed by atoms with Crippen LogP contribution in [0.25, 0.3) is 11.0 Å². The van der Waals surface area contributed by atoms with Crippen molar-refractivity contribution in [2.24, 2.45) is 0 Å². The van der Waals surface area contributed by atoms with Gasteiger partial charge < -0.3 is 25.0 Å². The molecule has 5 rings (SSSR count). The zero-order valence-corrected chi connectivity index (χ0v) is 17.5. The Morgan fingerprint density at radius 3 is 2.84 bits per heavy atom. The number of rotatable bonds is 5. The SMILES string of the molecule is O=C(NCC(O)[C@@H]1Cc2ccccc2CN1)c1cccc2c1ncn2C1CCOCC1. The van der Waals surface area contributed by atoms with Gasteiger partial charge in [-0.3, -0.25) is 4.79 Å². The molecule has 7 heteroatoms. The normalized spacial score (nSPS) is 20.4. The number of carbonyl (C=O) groups is 1. The summed E-state index contributed by atoms with van der Waals surface area (Å²) in [6.07, 6.45) is 3.81. The lowest BCUT2D eigenvalue weighted by molar-refractivity contribution is 0.0706. The molecule has 2 aliphatic heterocycles. The van der Waals surface area contributed by atoms with Gasteiger partial charge in [-0.1, -0.05) is 30.3 Å². The first kappa shape index (κ1) is 20.2. The van der Waals surface area contributed by atoms with E-state index in [9.17, 15) is 9.90 Å². The van der Waals surface area contributed by atoms with Gasteiger partial charge in [-0.15, -0.1) is 0 Å². The van der Waals surface area contributed by atoms with E-state index in [2.05, 4.69) is 32.3 Å². The summed E-state index contributed by atoms with van der Waals surface area (Å²) >= 11 is 0. The van der Waals surface area contributed by atoms with E-state index < -0.39 is 6.10 Å². The van der Waals surface area contributed by atoms with Crippen LogP contribution in [0.2, 0.25) is 0 Å². The van der Waals surface area contributed by atoms with Gasteiger partial charge in [0.25, 0.3) is 5.91 Å². The molecule has 1 saturated heterocycles. The van der Waals surface area contributed by atoms with Crippen LogP contribution >= 0.6 is 0 Å². The predicted molar refractivity (Wildman–Crippen MR) is 118 cm³/mol. The molecule has 3 heterocycles. The van der Waals surface area contributed by atoms with Crippen molar-refractivity contribution in [2.45, 2.75) is 44.0 Å². The second kappa shape index (κ2) is 8.78. The fraction of sp³-hybridized carbons (Fsp3) is 0.417. The molecule has 1 amide bonds. The van der Waals surface area contributed by atoms with E-state index in [4.69, 9.17) is 4.74 Å². The average Bonchev–Trinajstić information content (AvgIpc) is 3.27. The van der Waals surface area contributed by atoms with E-state index in [-0.39, 0.29) is 18.5 Å². The van der Waals surface area contributed by atoms with Crippen molar-refractivity contribution in [1.82, 2.24) is 20.2 Å². The number of imidazole rings is 1. The molecule has 0 aliphatic carbocycles. The van der Waals surface area contributed by atoms with Crippen molar-refractivity contribution in [3.05, 3.63) is 65.5 Å². The first-order chi connectivity index (χ1) is 15.2. The van der Waals surface area contributed by atoms with Gasteiger partial charge in [-0.05, 0) is 42.5 Å². The molecule has 3 N–H and O–H groups in total. The zero-order valence-electron chi connectivity index (χ0n) is 17.5. The van der Waals surface area contributed by atoms with E-state index in [1.54, 1.807) is 6.07 Å². The quantitative estimate of drug-likeness (QED) is 0.589. The summed E-state index contributed by atoms with van der Waals surface area (Å²) in [5.41, 5.74) is 4.72. The summed E-state index contributed by atoms with van der Waals surface area (Å²) in [4.78, 5) is 17.5. The molecule has 2 aromatic carbocycles. The van der Waals surface area contributed by atoms with Crippen LogP contribution in [0.4, 0.5) is 0 Å². The van der Waals surface area contributed by atoms with Gasteiger partial charge in [-0.25, -0.2) is 4.98 Å². The van der Waals surface area contributed by atoms with Crippen LogP contribution in [0.1, 0.15) is 40.4 Å². The third-order valence-electron chi connectivity index (χ3n) is 6.48. The average molecular weight is 421 g/mol. The first-order valence-electron chi connectivity index (χ1n) is 11.0. The summed E-state index contributed by atoms with van der Waals surface area (Å²) in [6, 6.07) is 14.2. The number of amides is 1. The third kappa shape index (κ3) is 4.08. The molecule has 2 aliphatic rings. The zero-order chi connectivity index (χ0) is 21.2. The molecule has 0 saturated carbocycles. The Balaban J connectivity index is 1.26. The minimum atomic E-state index is -0.670. The topological polar surface area (TPSA) is 88.4 Å². The number of nitrogens with one attached hydrogen (secondary N) is 2. The van der Waals surface area contributed by atoms with E-state index in [1.165, 1.54) is 11.1 Å². The Bertz CT molecular complexity index is 1070. The molecule has 3 aromatic rings. The molecular formula is C24H28N4O3. The second-order valence-corrected chi connectivity index (χ2v) is 8.41. The summed E-state index contributed by atoms with van der Waals surface area (Å²) in [7, 11) is 0. The van der Waals surface area contributed by atoms with Crippen molar-refractivity contribution in [2.75, 3.05) is 19.8 Å². The van der Waals surface area contributed by atoms with Gasteiger partial charge in [0, 0.05) is 38.4 Å². The van der Waals surface area contributed by atoms with Crippen molar-refractivity contribution in [3.8, 4) is 0 Å². The molecule has 31 heavy (non-hydrogen) atoms. The Labute approximate surface area is 181 Å². The Kier molecular flexibility index (Phi) is 5.72. The molecule has 1 unspecified atom stereocenters. The van der Waals surface area contributed by atoms with Crippen molar-refractivity contribution >= 4 is 16.9 Å². The van der Waals surface area contributed by atoms with Crippen LogP contribution in [0.3, 0.4) is 0 Å². The second-order valence-electron chi connectivity index (χ2n) is 8.41. The Morgan fingerprint density at radius 1 is 1.19 bits per heavy atom. The number of aliphatic hydroxyl groups is 1. The van der Waals surface area contributed by atoms with Crippen LogP contribution in [-0.2, 0) is 17.7 Å². The minimum Gasteiger partial charge on any atom is -0.390 e. The molecule has 0 bridgehead atoms. The maximum Gasteiger partial charge on any atom is 0.253 e. The predicted octanol–water partition coefficient (Wildman–Crippen LogP) is 2.19. The van der Waals surface area contributed by atoms with Gasteiger partial charge in [-0.2, -0.15) is 0 Å². The number of nitrogens with zero attached hydrogens (tertiary/aromatic N) is 2. The number of para-hydroxylation sites is 1. The highest BCUT2D eigenvalue weighted by atomic mass is 16.5. The van der Waals surface area contributed by atoms with E-state index in [1.807, 2.05) is 30.6 Å². The largest absolute Gasteiger partial charge is 0.390 e. The lowest BCUT2D eigenvalue weighted by Crippen LogP contribution is -2.49. The maximum absolute atomic E-state index is 12.9. The fourth-order valence-corrected chi connectivity index (χ4v) is 4.68. The molecule has 162 valence electrons. The molecule has 2 atom stereocenters. The van der Waals surface area contributed by atoms with E-state index in [0.717, 1.165) is 44.5 Å². The number of aliphatic hydroxyl groups excluding tert-OH is 1. The molecule has 1 fully saturated rings. The molecular weight excluding hydrogens is 392 g/mol. The number of ether oxygens (including phenoxy) is 1. The van der Waals surface area contributed by atoms with E-state index >= 15 is 0 Å². The Morgan fingerprint density at radius 2 is 2.00 bits per heavy atom. The van der Waals surface area contributed by atoms with Crippen molar-refractivity contribution in [3.63, 3.8) is 0 Å². The van der Waals surface area contributed by atoms with Crippen molar-refractivity contribution < 1.29 is 14.6 Å². The van der Waals surface area contributed by atoms with Crippen LogP contribution in [0.5, 0.6) is 0 Å². The minimum absolute atomic E-state index is 0.0845. The lowest BCUT2D eigenvalue weighted by Gasteiger charge is -2.30. The summed E-state index contributed by atoms with van der Waals surface area (Å²) < 4.78 is 7.63. The maximum atomic E-state index is 12.9. The fourth-order valence-electron chi connectivity index (χ4n) is 4.68. The smallest absolute Gasteiger partial charge is 0.253 e. The van der Waals surface area contributed by atoms with Crippen molar-refractivity contribution in [1.29, 1.82) is 0 Å². The molecule has 0 spiro atoms. The number of carbonyl (C=O) groups excluding carboxylic acids is 1. The van der Waals surface area contributed by atoms with Gasteiger partial charge >= 0.3 is 0 Å². The van der Waals surface area contributed by atoms with Crippen LogP contribution in [-0.4, -0.2) is 52.5 Å². The first-order valence-corrected chi connectivity index (χ1v) is 11.0. The van der Waals surface area contributed by atoms with Crippen LogP contribution in [0.15, 0.2) is 48.8 Å². The van der Waals surface area contributed by atoms with Gasteiger partial charge in [0.15, 0.2) is 0 Å². The summed E-state index contributed by atoms with van der Waals surface area (Å²) in [5.74, 6) is -0.210. The van der Waals surface area contributed by atoms with E-state index in [0.29, 0.717) is 17.1 Å². The lowest BCUT2D eigenvalue weighted by atomic mass is 9.93. The van der Waals surface area contributed by atoms with Gasteiger partial charge in [0.05, 0.1) is 23.5 Å². The number of aromatic nitrogens is 2. The number of benzene rings is 2. The van der Waals surface area contributed by atoms with Crippen LogP contribution in [0, 0.1) is 0 Å². The molecule has 0 radical (unpaired) electrons. The third-order valence-corrected chi connectivity index (χ3v) is 6.48. The monoisotopic (exact) mass is 420 g/mol. The standard InChI is InChI=1S/C24H28N4O3/c29-22(20-12-16-4-1-2-5-17(16)13-25-20)14-26-24(30)19-6-3-7-21-23(19)27-15-28(21)18-8-10-31-11-9-18/h1-7,15,18,20,22,25,29H,8-14H2,(H,26,30)/t20-,22?/m0/s1. The number of hydrogen-bond donors (Lipinski definition) is 3. The van der Waals surface area contributed by atoms with Crippen LogP contribution < -0.4 is 10.6 Å². The highest BCUT2D eigenvalue weighted by molar-refractivity contribution is 6.04. The number of hydrogen-bond acceptors (Lipinski definition) is 5. The molecule has 7 nitrogen and oxygen atoms in total. The summed E-state index contributed by atoms with van der Waals surface area (Å²) in [6.45, 7) is 2.43.